The van der Waals surface area contributed by atoms with Crippen LogP contribution in [0.2, 0.25) is 0 Å². The molecule has 0 aromatic carbocycles. The van der Waals surface area contributed by atoms with E-state index in [1.165, 1.54) is 12.7 Å². The van der Waals surface area contributed by atoms with E-state index in [2.05, 4.69) is 13.0 Å². The Hall–Kier alpha value is -1.95. The number of aliphatic hydroxyl groups is 7. The van der Waals surface area contributed by atoms with Crippen molar-refractivity contribution in [2.75, 3.05) is 13.7 Å². The van der Waals surface area contributed by atoms with E-state index in [0.717, 1.165) is 24.2 Å². The summed E-state index contributed by atoms with van der Waals surface area (Å²) in [6, 6.07) is 1.92. The van der Waals surface area contributed by atoms with Crippen molar-refractivity contribution in [3.63, 3.8) is 0 Å². The fraction of sp³-hybridized carbons (Fsp3) is 0.844. The number of allylic oxidation sites excluding steroid dienone is 1. The predicted octanol–water partition coefficient (Wildman–Crippen LogP) is 1.24. The van der Waals surface area contributed by atoms with E-state index < -0.39 is 123 Å². The number of aryl methyl sites for hydroxylation is 1. The lowest BCUT2D eigenvalue weighted by atomic mass is 9.51. The number of hydrogen-bond acceptors (Lipinski definition) is 18. The monoisotopic (exact) mass is 896 g/mol. The third-order valence-electron chi connectivity index (χ3n) is 15.2. The predicted molar refractivity (Wildman–Crippen MR) is 216 cm³/mol. The summed E-state index contributed by atoms with van der Waals surface area (Å²) in [5.41, 5.74) is 1.86. The van der Waals surface area contributed by atoms with Gasteiger partial charge < -0.3 is 82.8 Å². The van der Waals surface area contributed by atoms with Crippen molar-refractivity contribution in [2.24, 2.45) is 17.3 Å². The summed E-state index contributed by atoms with van der Waals surface area (Å²) in [6.45, 7) is 8.71. The van der Waals surface area contributed by atoms with E-state index in [9.17, 15) is 40.5 Å². The Morgan fingerprint density at radius 3 is 1.95 bits per heavy atom. The van der Waals surface area contributed by atoms with E-state index in [-0.39, 0.29) is 48.2 Å². The summed E-state index contributed by atoms with van der Waals surface area (Å²) < 4.78 is 60.1. The van der Waals surface area contributed by atoms with Crippen molar-refractivity contribution in [2.45, 2.75) is 209 Å². The molecule has 6 fully saturated rings. The number of ether oxygens (including phenoxy) is 9. The Labute approximate surface area is 367 Å². The van der Waals surface area contributed by atoms with Crippen molar-refractivity contribution in [3.8, 4) is 0 Å². The second-order valence-electron chi connectivity index (χ2n) is 19.1. The van der Waals surface area contributed by atoms with Crippen LogP contribution in [0.5, 0.6) is 0 Å². The van der Waals surface area contributed by atoms with Gasteiger partial charge in [0.15, 0.2) is 25.2 Å². The number of aliphatic hydroxyl groups excluding tert-OH is 7. The summed E-state index contributed by atoms with van der Waals surface area (Å²) >= 11 is 0. The zero-order valence-corrected chi connectivity index (χ0v) is 36.9. The van der Waals surface area contributed by atoms with Gasteiger partial charge in [-0.25, -0.2) is 0 Å². The van der Waals surface area contributed by atoms with Crippen molar-refractivity contribution in [3.05, 3.63) is 35.3 Å². The molecule has 8 rings (SSSR count). The molecule has 4 saturated heterocycles. The quantitative estimate of drug-likeness (QED) is 0.154. The van der Waals surface area contributed by atoms with Gasteiger partial charge in [-0.05, 0) is 77.2 Å². The number of carbonyl (C=O) groups is 1. The number of Topliss-reactive ketones (excluding diaryl/α,β-unsaturated/α-hetero) is 1. The van der Waals surface area contributed by atoms with Crippen LogP contribution in [0, 0.1) is 24.2 Å². The van der Waals surface area contributed by atoms with Crippen LogP contribution in [0.4, 0.5) is 0 Å². The number of rotatable bonds is 11. The van der Waals surface area contributed by atoms with E-state index in [0.29, 0.717) is 19.3 Å². The second-order valence-corrected chi connectivity index (χ2v) is 19.1. The Morgan fingerprint density at radius 1 is 0.746 bits per heavy atom. The van der Waals surface area contributed by atoms with Gasteiger partial charge in [-0.3, -0.25) is 4.79 Å². The van der Waals surface area contributed by atoms with Crippen LogP contribution in [-0.4, -0.2) is 172 Å². The lowest BCUT2D eigenvalue weighted by Gasteiger charge is -2.54. The van der Waals surface area contributed by atoms with Crippen molar-refractivity contribution in [1.82, 2.24) is 0 Å². The molecule has 0 radical (unpaired) electrons. The summed E-state index contributed by atoms with van der Waals surface area (Å²) in [6.07, 6.45) is -10.7. The highest BCUT2D eigenvalue weighted by Crippen LogP contribution is 2.58. The van der Waals surface area contributed by atoms with Crippen LogP contribution in [-0.2, 0) is 47.4 Å². The van der Waals surface area contributed by atoms with Crippen LogP contribution in [0.25, 0.3) is 0 Å². The molecule has 7 N–H and O–H groups in total. The van der Waals surface area contributed by atoms with E-state index in [4.69, 9.17) is 47.0 Å². The molecule has 0 bridgehead atoms. The zero-order valence-electron chi connectivity index (χ0n) is 36.9. The first-order valence-electron chi connectivity index (χ1n) is 22.7. The minimum Gasteiger partial charge on any atom is -0.469 e. The molecule has 23 atom stereocenters. The fourth-order valence-corrected chi connectivity index (χ4v) is 11.7. The molecule has 5 heterocycles. The first kappa shape index (κ1) is 47.5. The Bertz CT molecular complexity index is 1710. The molecule has 2 saturated carbocycles. The lowest BCUT2D eigenvalue weighted by Crippen LogP contribution is -2.62. The standard InChI is InChI=1S/C45H68O18/c1-19-24(11-12-55-19)25-9-10-27-26(37(25)50)8-7-23-13-31(30(49)17-45(23,27)5)59-34-14-28(47)41(20(2)56-34)61-35-15-29(48)42(21(3)57-35)62-36-16-32(54-6)43(22(4)58-36)63-44-40(53)39(52)38(51)33(18-46)60-44/h7,11-12,20-22,25-36,38-44,46-49,51-53H,8-10,13-18H2,1-6H3/t20-,21-,22+,25-,26-,27+,28+,29+,30-,31-,32-,33-,34+,35+,36+,38-,39+,40-,41-,42-,43+,44+,45+/m1/s1. The first-order valence-corrected chi connectivity index (χ1v) is 22.7. The van der Waals surface area contributed by atoms with Gasteiger partial charge in [-0.15, -0.1) is 0 Å². The molecule has 1 aromatic rings. The molecule has 0 spiro atoms. The molecule has 7 aliphatic rings. The first-order chi connectivity index (χ1) is 30.0. The largest absolute Gasteiger partial charge is 0.469 e. The summed E-state index contributed by atoms with van der Waals surface area (Å²) in [7, 11) is 1.48. The summed E-state index contributed by atoms with van der Waals surface area (Å²) in [5, 5.41) is 74.6. The van der Waals surface area contributed by atoms with Crippen molar-refractivity contribution >= 4 is 5.78 Å². The van der Waals surface area contributed by atoms with Gasteiger partial charge >= 0.3 is 0 Å². The SMILES string of the molecule is CO[C@@H]1C[C@H](O[C@H]2[C@@H](O)C[C@H](O[C@H]3[C@@H](O)C[C@H](O[C@@H]4CC5=CC[C@H]6C(=O)[C@@H](c7ccoc7C)CC[C@@H]6[C@@]5(C)C[C@H]4O)O[C@@H]3C)O[C@@H]2C)O[C@@H](C)[C@@H]1O[C@@H]1O[C@H](CO)[C@@H](O)[C@H](O)[C@H]1O. The number of furan rings is 1. The van der Waals surface area contributed by atoms with E-state index >= 15 is 0 Å². The average molecular weight is 897 g/mol. The third-order valence-corrected chi connectivity index (χ3v) is 15.2. The number of hydrogen-bond donors (Lipinski definition) is 7. The smallest absolute Gasteiger partial charge is 0.187 e. The molecule has 18 nitrogen and oxygen atoms in total. The van der Waals surface area contributed by atoms with Gasteiger partial charge in [-0.1, -0.05) is 18.6 Å². The van der Waals surface area contributed by atoms with Crippen molar-refractivity contribution < 1.29 is 87.6 Å². The molecule has 0 amide bonds. The van der Waals surface area contributed by atoms with Gasteiger partial charge in [0.1, 0.15) is 54.3 Å². The second kappa shape index (κ2) is 19.3. The Morgan fingerprint density at radius 2 is 1.37 bits per heavy atom. The van der Waals surface area contributed by atoms with Gasteiger partial charge in [-0.2, -0.15) is 0 Å². The maximum atomic E-state index is 13.8. The summed E-state index contributed by atoms with van der Waals surface area (Å²) in [4.78, 5) is 13.8. The van der Waals surface area contributed by atoms with Gasteiger partial charge in [0, 0.05) is 43.8 Å². The molecule has 0 unspecified atom stereocenters. The minimum absolute atomic E-state index is 0.0307. The van der Waals surface area contributed by atoms with E-state index in [1.807, 2.05) is 13.0 Å². The van der Waals surface area contributed by atoms with E-state index in [1.54, 1.807) is 27.0 Å². The summed E-state index contributed by atoms with van der Waals surface area (Å²) in [5.74, 6) is 0.928. The average Bonchev–Trinajstić information content (AvgIpc) is 3.67. The van der Waals surface area contributed by atoms with Crippen LogP contribution >= 0.6 is 0 Å². The highest BCUT2D eigenvalue weighted by Gasteiger charge is 2.55. The minimum atomic E-state index is -1.61. The maximum Gasteiger partial charge on any atom is 0.187 e. The molecule has 1 aromatic heterocycles. The molecule has 63 heavy (non-hydrogen) atoms. The molecule has 356 valence electrons. The van der Waals surface area contributed by atoms with Crippen molar-refractivity contribution in [1.29, 1.82) is 0 Å². The maximum absolute atomic E-state index is 13.8. The van der Waals surface area contributed by atoms with Crippen LogP contribution in [0.1, 0.15) is 96.3 Å². The highest BCUT2D eigenvalue weighted by atomic mass is 16.8. The molecule has 18 heteroatoms. The number of ketones is 1. The van der Waals surface area contributed by atoms with Crippen LogP contribution in [0.15, 0.2) is 28.4 Å². The fourth-order valence-electron chi connectivity index (χ4n) is 11.7. The molecule has 3 aliphatic carbocycles. The number of fused-ring (bicyclic) bond motifs is 3. The molecule has 4 aliphatic heterocycles. The normalized spacial score (nSPS) is 49.5. The topological polar surface area (TPSA) is 255 Å². The zero-order chi connectivity index (χ0) is 45.1. The van der Waals surface area contributed by atoms with Gasteiger partial charge in [0.2, 0.25) is 0 Å². The lowest BCUT2D eigenvalue weighted by molar-refractivity contribution is -0.356. The number of carbonyl (C=O) groups excluding carboxylic acids is 1. The highest BCUT2D eigenvalue weighted by molar-refractivity contribution is 5.89. The van der Waals surface area contributed by atoms with Gasteiger partial charge in [0.25, 0.3) is 0 Å². The van der Waals surface area contributed by atoms with Crippen LogP contribution < -0.4 is 0 Å². The Kier molecular flexibility index (Phi) is 14.6. The molecular formula is C45H68O18. The molecular weight excluding hydrogens is 828 g/mol. The third kappa shape index (κ3) is 9.36. The number of methoxy groups -OCH3 is 1. The van der Waals surface area contributed by atoms with Crippen LogP contribution in [0.3, 0.4) is 0 Å². The Balaban J connectivity index is 0.810. The van der Waals surface area contributed by atoms with Gasteiger partial charge in [0.05, 0.1) is 61.7 Å².